The third-order valence-electron chi connectivity index (χ3n) is 6.14. The lowest BCUT2D eigenvalue weighted by molar-refractivity contribution is 0.00666. The first kappa shape index (κ1) is 18.1. The fourth-order valence-electron chi connectivity index (χ4n) is 4.61. The Balaban J connectivity index is 1.36. The molecule has 0 spiro atoms. The lowest BCUT2D eigenvalue weighted by Crippen LogP contribution is -2.55. The van der Waals surface area contributed by atoms with Gasteiger partial charge in [-0.3, -0.25) is 0 Å². The van der Waals surface area contributed by atoms with Crippen LogP contribution in [-0.4, -0.2) is 49.4 Å². The summed E-state index contributed by atoms with van der Waals surface area (Å²) in [6, 6.07) is 10.4. The molecule has 2 aliphatic rings. The summed E-state index contributed by atoms with van der Waals surface area (Å²) in [5.41, 5.74) is 0.979. The van der Waals surface area contributed by atoms with E-state index >= 15 is 0 Å². The Morgan fingerprint density at radius 2 is 2.10 bits per heavy atom. The number of phenols is 1. The van der Waals surface area contributed by atoms with E-state index in [1.807, 2.05) is 26.0 Å². The van der Waals surface area contributed by atoms with E-state index in [0.29, 0.717) is 11.3 Å². The highest BCUT2D eigenvalue weighted by molar-refractivity contribution is 5.68. The molecule has 2 fully saturated rings. The van der Waals surface area contributed by atoms with Crippen LogP contribution in [0, 0.1) is 5.41 Å². The average Bonchev–Trinajstić information content (AvgIpc) is 3.39. The number of aromatic nitrogens is 4. The molecule has 4 atom stereocenters. The molecular formula is C21H22FN5O2. The number of aromatic hydroxyl groups is 1. The Bertz CT molecular complexity index is 1040. The largest absolute Gasteiger partial charge is 0.507 e. The van der Waals surface area contributed by atoms with Gasteiger partial charge < -0.3 is 15.2 Å². The van der Waals surface area contributed by atoms with Gasteiger partial charge in [-0.15, -0.1) is 10.2 Å². The van der Waals surface area contributed by atoms with Gasteiger partial charge in [0.05, 0.1) is 16.9 Å². The summed E-state index contributed by atoms with van der Waals surface area (Å²) in [7, 11) is 0. The first-order chi connectivity index (χ1) is 13.9. The van der Waals surface area contributed by atoms with Gasteiger partial charge in [0.2, 0.25) is 5.88 Å². The second-order valence-corrected chi connectivity index (χ2v) is 8.45. The number of ether oxygens (including phenoxy) is 1. The second kappa shape index (κ2) is 6.25. The number of halogens is 1. The molecule has 150 valence electrons. The predicted molar refractivity (Wildman–Crippen MR) is 105 cm³/mol. The van der Waals surface area contributed by atoms with E-state index in [0.717, 1.165) is 18.7 Å². The van der Waals surface area contributed by atoms with Gasteiger partial charge in [0, 0.05) is 42.0 Å². The first-order valence-corrected chi connectivity index (χ1v) is 9.61. The summed E-state index contributed by atoms with van der Waals surface area (Å²) in [5, 5.41) is 26.1. The number of hydrogen-bond donors (Lipinski definition) is 2. The van der Waals surface area contributed by atoms with Crippen molar-refractivity contribution >= 4 is 0 Å². The molecule has 2 N–H and O–H groups in total. The van der Waals surface area contributed by atoms with Crippen LogP contribution in [0.4, 0.5) is 4.39 Å². The van der Waals surface area contributed by atoms with Crippen LogP contribution < -0.4 is 10.1 Å². The SMILES string of the molecule is C[C@@]12CN[C@@](C)(C1)[C@@H](F)[C@H]2Oc1ccc(-c2ccc(-n3cccn3)cc2O)nn1. The number of rotatable bonds is 4. The van der Waals surface area contributed by atoms with Crippen molar-refractivity contribution in [1.29, 1.82) is 0 Å². The molecule has 1 aromatic carbocycles. The third-order valence-corrected chi connectivity index (χ3v) is 6.14. The van der Waals surface area contributed by atoms with Crippen LogP contribution in [0.2, 0.25) is 0 Å². The normalized spacial score (nSPS) is 30.6. The van der Waals surface area contributed by atoms with Gasteiger partial charge in [0.25, 0.3) is 0 Å². The number of piperidine rings is 1. The zero-order valence-corrected chi connectivity index (χ0v) is 16.2. The summed E-state index contributed by atoms with van der Waals surface area (Å²) in [4.78, 5) is 0. The highest BCUT2D eigenvalue weighted by atomic mass is 19.1. The van der Waals surface area contributed by atoms with Crippen LogP contribution in [0.5, 0.6) is 11.6 Å². The van der Waals surface area contributed by atoms with Crippen LogP contribution in [0.1, 0.15) is 20.3 Å². The molecule has 5 rings (SSSR count). The van der Waals surface area contributed by atoms with E-state index in [2.05, 4.69) is 20.6 Å². The van der Waals surface area contributed by atoms with E-state index in [9.17, 15) is 9.50 Å². The van der Waals surface area contributed by atoms with Crippen molar-refractivity contribution in [2.75, 3.05) is 6.54 Å². The Kier molecular flexibility index (Phi) is 3.89. The molecular weight excluding hydrogens is 373 g/mol. The number of benzene rings is 1. The van der Waals surface area contributed by atoms with Gasteiger partial charge in [0.1, 0.15) is 11.9 Å². The smallest absolute Gasteiger partial charge is 0.233 e. The summed E-state index contributed by atoms with van der Waals surface area (Å²) in [5.74, 6) is 0.357. The predicted octanol–water partition coefficient (Wildman–Crippen LogP) is 2.89. The number of phenolic OH excluding ortho intramolecular Hbond substituents is 1. The van der Waals surface area contributed by atoms with Crippen molar-refractivity contribution in [3.05, 3.63) is 48.8 Å². The highest BCUT2D eigenvalue weighted by Gasteiger charge is 2.64. The highest BCUT2D eigenvalue weighted by Crippen LogP contribution is 2.51. The van der Waals surface area contributed by atoms with Crippen molar-refractivity contribution in [2.45, 2.75) is 38.1 Å². The van der Waals surface area contributed by atoms with Gasteiger partial charge in [-0.2, -0.15) is 5.10 Å². The maximum absolute atomic E-state index is 14.9. The number of alkyl halides is 1. The lowest BCUT2D eigenvalue weighted by atomic mass is 9.87. The zero-order chi connectivity index (χ0) is 20.2. The van der Waals surface area contributed by atoms with Gasteiger partial charge in [-0.25, -0.2) is 9.07 Å². The Hall–Kier alpha value is -3.00. The van der Waals surface area contributed by atoms with Crippen LogP contribution in [0.25, 0.3) is 16.9 Å². The van der Waals surface area contributed by atoms with Crippen LogP contribution >= 0.6 is 0 Å². The van der Waals surface area contributed by atoms with E-state index in [-0.39, 0.29) is 17.0 Å². The lowest BCUT2D eigenvalue weighted by Gasteiger charge is -2.35. The second-order valence-electron chi connectivity index (χ2n) is 8.45. The first-order valence-electron chi connectivity index (χ1n) is 9.61. The van der Waals surface area contributed by atoms with Gasteiger partial charge in [0.15, 0.2) is 6.17 Å². The minimum Gasteiger partial charge on any atom is -0.507 e. The Morgan fingerprint density at radius 3 is 2.72 bits per heavy atom. The quantitative estimate of drug-likeness (QED) is 0.707. The number of nitrogens with zero attached hydrogens (tertiary/aromatic N) is 4. The molecule has 2 aromatic heterocycles. The van der Waals surface area contributed by atoms with Gasteiger partial charge in [-0.05, 0) is 37.6 Å². The Morgan fingerprint density at radius 1 is 1.24 bits per heavy atom. The van der Waals surface area contributed by atoms with Crippen molar-refractivity contribution in [3.8, 4) is 28.6 Å². The van der Waals surface area contributed by atoms with E-state index in [1.165, 1.54) is 0 Å². The van der Waals surface area contributed by atoms with Crippen molar-refractivity contribution in [3.63, 3.8) is 0 Å². The summed E-state index contributed by atoms with van der Waals surface area (Å²) < 4.78 is 22.4. The average molecular weight is 395 g/mol. The maximum Gasteiger partial charge on any atom is 0.233 e. The molecule has 7 nitrogen and oxygen atoms in total. The number of fused-ring (bicyclic) bond motifs is 2. The summed E-state index contributed by atoms with van der Waals surface area (Å²) >= 11 is 0. The molecule has 3 aromatic rings. The minimum atomic E-state index is -1.11. The van der Waals surface area contributed by atoms with E-state index < -0.39 is 17.8 Å². The summed E-state index contributed by atoms with van der Waals surface area (Å²) in [6.45, 7) is 4.66. The molecule has 2 bridgehead atoms. The molecule has 1 aliphatic heterocycles. The fourth-order valence-corrected chi connectivity index (χ4v) is 4.61. The van der Waals surface area contributed by atoms with Crippen LogP contribution in [-0.2, 0) is 0 Å². The topological polar surface area (TPSA) is 85.1 Å². The van der Waals surface area contributed by atoms with Gasteiger partial charge >= 0.3 is 0 Å². The molecule has 0 amide bonds. The fraction of sp³-hybridized carbons (Fsp3) is 0.381. The number of hydrogen-bond acceptors (Lipinski definition) is 6. The number of nitrogens with one attached hydrogen (secondary N) is 1. The monoisotopic (exact) mass is 395 g/mol. The molecule has 1 saturated heterocycles. The van der Waals surface area contributed by atoms with Crippen molar-refractivity contribution < 1.29 is 14.2 Å². The van der Waals surface area contributed by atoms with Crippen molar-refractivity contribution in [2.24, 2.45) is 5.41 Å². The molecule has 0 radical (unpaired) electrons. The van der Waals surface area contributed by atoms with E-state index in [4.69, 9.17) is 4.74 Å². The van der Waals surface area contributed by atoms with Crippen molar-refractivity contribution in [1.82, 2.24) is 25.3 Å². The third kappa shape index (κ3) is 2.86. The minimum absolute atomic E-state index is 0.0735. The Labute approximate surface area is 167 Å². The molecule has 0 unspecified atom stereocenters. The molecule has 3 heterocycles. The van der Waals surface area contributed by atoms with Crippen LogP contribution in [0.3, 0.4) is 0 Å². The zero-order valence-electron chi connectivity index (χ0n) is 16.2. The standard InChI is InChI=1S/C21H22FN5O2/c1-20-11-21(2,23-12-20)18(22)19(20)29-17-7-6-15(25-26-17)14-5-4-13(10-16(14)28)27-9-3-8-24-27/h3-10,18-19,23,28H,11-12H2,1-2H3/t18-,19+,20-,21-/m0/s1. The molecule has 29 heavy (non-hydrogen) atoms. The maximum atomic E-state index is 14.9. The van der Waals surface area contributed by atoms with Gasteiger partial charge in [-0.1, -0.05) is 6.92 Å². The molecule has 1 aliphatic carbocycles. The summed E-state index contributed by atoms with van der Waals surface area (Å²) in [6.07, 6.45) is 2.53. The van der Waals surface area contributed by atoms with Crippen LogP contribution in [0.15, 0.2) is 48.8 Å². The molecule has 8 heteroatoms. The molecule has 1 saturated carbocycles. The van der Waals surface area contributed by atoms with E-state index in [1.54, 1.807) is 41.3 Å².